The van der Waals surface area contributed by atoms with Crippen molar-refractivity contribution in [2.75, 3.05) is 36.9 Å². The molecule has 2 N–H and O–H groups in total. The van der Waals surface area contributed by atoms with Gasteiger partial charge in [-0.05, 0) is 30.7 Å². The summed E-state index contributed by atoms with van der Waals surface area (Å²) in [5.41, 5.74) is 8.78. The van der Waals surface area contributed by atoms with Crippen LogP contribution in [-0.4, -0.2) is 36.5 Å². The van der Waals surface area contributed by atoms with Crippen LogP contribution in [0.5, 0.6) is 0 Å². The predicted molar refractivity (Wildman–Crippen MR) is 77.5 cm³/mol. The van der Waals surface area contributed by atoms with E-state index in [1.807, 2.05) is 19.1 Å². The summed E-state index contributed by atoms with van der Waals surface area (Å²) in [5, 5.41) is 10.5. The Balaban J connectivity index is 1.85. The van der Waals surface area contributed by atoms with Crippen LogP contribution in [0.15, 0.2) is 18.2 Å². The van der Waals surface area contributed by atoms with E-state index in [-0.39, 0.29) is 0 Å². The molecule has 1 saturated heterocycles. The minimum Gasteiger partial charge on any atom is -0.399 e. The lowest BCUT2D eigenvalue weighted by atomic mass is 10.1. The van der Waals surface area contributed by atoms with Gasteiger partial charge in [-0.25, -0.2) is 0 Å². The van der Waals surface area contributed by atoms with Gasteiger partial charge in [0.15, 0.2) is 0 Å². The molecule has 5 nitrogen and oxygen atoms in total. The van der Waals surface area contributed by atoms with Gasteiger partial charge < -0.3 is 15.4 Å². The predicted octanol–water partition coefficient (Wildman–Crippen LogP) is 1.93. The van der Waals surface area contributed by atoms with Crippen LogP contribution >= 0.6 is 11.3 Å². The number of morpholine rings is 1. The molecule has 0 atom stereocenters. The Morgan fingerprint density at radius 3 is 2.79 bits per heavy atom. The molecule has 0 aliphatic carbocycles. The van der Waals surface area contributed by atoms with Gasteiger partial charge in [-0.1, -0.05) is 11.3 Å². The molecule has 100 valence electrons. The first kappa shape index (κ1) is 12.4. The third kappa shape index (κ3) is 2.54. The van der Waals surface area contributed by atoms with Gasteiger partial charge >= 0.3 is 0 Å². The first-order valence-electron chi connectivity index (χ1n) is 6.27. The van der Waals surface area contributed by atoms with Crippen LogP contribution in [0.3, 0.4) is 0 Å². The summed E-state index contributed by atoms with van der Waals surface area (Å²) in [5.74, 6) is 0. The van der Waals surface area contributed by atoms with Crippen LogP contribution in [0.4, 0.5) is 10.8 Å². The molecule has 0 saturated carbocycles. The minimum absolute atomic E-state index is 0.760. The molecule has 0 bridgehead atoms. The highest BCUT2D eigenvalue weighted by Gasteiger charge is 2.16. The number of benzene rings is 1. The Morgan fingerprint density at radius 1 is 1.26 bits per heavy atom. The van der Waals surface area contributed by atoms with Gasteiger partial charge in [0.05, 0.1) is 13.2 Å². The van der Waals surface area contributed by atoms with E-state index < -0.39 is 0 Å². The first-order valence-corrected chi connectivity index (χ1v) is 7.08. The van der Waals surface area contributed by atoms with Crippen LogP contribution in [0.2, 0.25) is 0 Å². The lowest BCUT2D eigenvalue weighted by Crippen LogP contribution is -2.36. The number of aromatic nitrogens is 2. The second kappa shape index (κ2) is 5.14. The van der Waals surface area contributed by atoms with Crippen molar-refractivity contribution in [3.05, 3.63) is 23.8 Å². The monoisotopic (exact) mass is 276 g/mol. The lowest BCUT2D eigenvalue weighted by molar-refractivity contribution is 0.122. The second-order valence-electron chi connectivity index (χ2n) is 4.56. The molecule has 1 aromatic carbocycles. The summed E-state index contributed by atoms with van der Waals surface area (Å²) < 4.78 is 5.34. The topological polar surface area (TPSA) is 64.3 Å². The number of hydrogen-bond acceptors (Lipinski definition) is 6. The summed E-state index contributed by atoms with van der Waals surface area (Å²) in [4.78, 5) is 2.22. The Morgan fingerprint density at radius 2 is 2.05 bits per heavy atom. The maximum Gasteiger partial charge on any atom is 0.208 e. The molecule has 2 aromatic rings. The second-order valence-corrected chi connectivity index (χ2v) is 5.52. The van der Waals surface area contributed by atoms with Crippen molar-refractivity contribution in [2.24, 2.45) is 0 Å². The third-order valence-electron chi connectivity index (χ3n) is 3.21. The highest BCUT2D eigenvalue weighted by atomic mass is 32.1. The van der Waals surface area contributed by atoms with E-state index in [2.05, 4.69) is 21.2 Å². The van der Waals surface area contributed by atoms with Crippen molar-refractivity contribution in [3.8, 4) is 10.6 Å². The molecule has 0 radical (unpaired) electrons. The average Bonchev–Trinajstić information content (AvgIpc) is 2.93. The maximum atomic E-state index is 5.83. The lowest BCUT2D eigenvalue weighted by Gasteiger charge is -2.25. The zero-order valence-corrected chi connectivity index (χ0v) is 11.6. The minimum atomic E-state index is 0.760. The van der Waals surface area contributed by atoms with Crippen molar-refractivity contribution in [1.29, 1.82) is 0 Å². The van der Waals surface area contributed by atoms with Crippen molar-refractivity contribution >= 4 is 22.2 Å². The quantitative estimate of drug-likeness (QED) is 0.849. The fourth-order valence-corrected chi connectivity index (χ4v) is 2.92. The molecule has 1 aliphatic rings. The van der Waals surface area contributed by atoms with Gasteiger partial charge in [-0.2, -0.15) is 0 Å². The molecule has 1 aromatic heterocycles. The van der Waals surface area contributed by atoms with E-state index >= 15 is 0 Å². The number of aryl methyl sites for hydroxylation is 1. The van der Waals surface area contributed by atoms with E-state index in [4.69, 9.17) is 10.5 Å². The zero-order valence-electron chi connectivity index (χ0n) is 10.8. The largest absolute Gasteiger partial charge is 0.399 e. The van der Waals surface area contributed by atoms with E-state index in [9.17, 15) is 0 Å². The number of nitrogens with zero attached hydrogens (tertiary/aromatic N) is 3. The summed E-state index contributed by atoms with van der Waals surface area (Å²) >= 11 is 1.61. The number of rotatable bonds is 2. The number of ether oxygens (including phenoxy) is 1. The third-order valence-corrected chi connectivity index (χ3v) is 4.25. The SMILES string of the molecule is Cc1cc(-c2nnc(N3CCOCC3)s2)ccc1N. The Bertz CT molecular complexity index is 578. The number of nitrogen functional groups attached to an aromatic ring is 1. The highest BCUT2D eigenvalue weighted by molar-refractivity contribution is 7.18. The Hall–Kier alpha value is -1.66. The van der Waals surface area contributed by atoms with Crippen LogP contribution in [0, 0.1) is 6.92 Å². The van der Waals surface area contributed by atoms with Crippen molar-refractivity contribution in [1.82, 2.24) is 10.2 Å². The van der Waals surface area contributed by atoms with E-state index in [1.54, 1.807) is 11.3 Å². The summed E-state index contributed by atoms with van der Waals surface area (Å²) in [6, 6.07) is 5.96. The standard InChI is InChI=1S/C13H16N4OS/c1-9-8-10(2-3-11(9)14)12-15-16-13(19-12)17-4-6-18-7-5-17/h2-3,8H,4-7,14H2,1H3. The summed E-state index contributed by atoms with van der Waals surface area (Å²) in [7, 11) is 0. The molecule has 0 amide bonds. The molecular formula is C13H16N4OS. The molecule has 1 fully saturated rings. The highest BCUT2D eigenvalue weighted by Crippen LogP contribution is 2.30. The Kier molecular flexibility index (Phi) is 3.35. The molecule has 1 aliphatic heterocycles. The van der Waals surface area contributed by atoms with Crippen LogP contribution < -0.4 is 10.6 Å². The van der Waals surface area contributed by atoms with Crippen LogP contribution in [-0.2, 0) is 4.74 Å². The van der Waals surface area contributed by atoms with Crippen molar-refractivity contribution < 1.29 is 4.74 Å². The van der Waals surface area contributed by atoms with Gasteiger partial charge in [0.25, 0.3) is 0 Å². The maximum absolute atomic E-state index is 5.83. The molecule has 3 rings (SSSR count). The smallest absolute Gasteiger partial charge is 0.208 e. The average molecular weight is 276 g/mol. The molecular weight excluding hydrogens is 260 g/mol. The van der Waals surface area contributed by atoms with Crippen molar-refractivity contribution in [2.45, 2.75) is 6.92 Å². The van der Waals surface area contributed by atoms with Gasteiger partial charge in [0.1, 0.15) is 5.01 Å². The van der Waals surface area contributed by atoms with Gasteiger partial charge in [0, 0.05) is 24.3 Å². The fourth-order valence-electron chi connectivity index (χ4n) is 2.02. The van der Waals surface area contributed by atoms with E-state index in [0.717, 1.165) is 53.3 Å². The molecule has 0 spiro atoms. The molecule has 19 heavy (non-hydrogen) atoms. The molecule has 2 heterocycles. The van der Waals surface area contributed by atoms with Gasteiger partial charge in [-0.3, -0.25) is 0 Å². The molecule has 0 unspecified atom stereocenters. The Labute approximate surface area is 116 Å². The zero-order chi connectivity index (χ0) is 13.2. The number of hydrogen-bond donors (Lipinski definition) is 1. The van der Waals surface area contributed by atoms with E-state index in [1.165, 1.54) is 0 Å². The summed E-state index contributed by atoms with van der Waals surface area (Å²) in [6.45, 7) is 5.29. The normalized spacial score (nSPS) is 15.7. The van der Waals surface area contributed by atoms with Crippen LogP contribution in [0.25, 0.3) is 10.6 Å². The number of nitrogens with two attached hydrogens (primary N) is 1. The van der Waals surface area contributed by atoms with E-state index in [0.29, 0.717) is 0 Å². The van der Waals surface area contributed by atoms with Gasteiger partial charge in [-0.15, -0.1) is 10.2 Å². The van der Waals surface area contributed by atoms with Gasteiger partial charge in [0.2, 0.25) is 5.13 Å². The summed E-state index contributed by atoms with van der Waals surface area (Å²) in [6.07, 6.45) is 0. The van der Waals surface area contributed by atoms with Crippen molar-refractivity contribution in [3.63, 3.8) is 0 Å². The fraction of sp³-hybridized carbons (Fsp3) is 0.385. The van der Waals surface area contributed by atoms with Crippen LogP contribution in [0.1, 0.15) is 5.56 Å². The number of anilines is 2. The molecule has 6 heteroatoms. The first-order chi connectivity index (χ1) is 9.24.